The van der Waals surface area contributed by atoms with E-state index in [9.17, 15) is 9.90 Å². The van der Waals surface area contributed by atoms with Crippen LogP contribution in [0.25, 0.3) is 38.6 Å². The summed E-state index contributed by atoms with van der Waals surface area (Å²) in [5, 5.41) is 12.2. The van der Waals surface area contributed by atoms with Gasteiger partial charge in [0.1, 0.15) is 0 Å². The first-order valence-electron chi connectivity index (χ1n) is 12.2. The standard InChI is InChI=1S/C29H30N2O2/c1-18(2)24-17-30-14-7-15-31-25-16-20(29(32)33)12-13-22(25)26(19-8-4-3-5-9-19)28(31)23-11-6-10-21(24)27(23)30/h6,10-13,16-17,19H,1,3-5,7-9,14-15H2,2H3,(H,32,33). The minimum atomic E-state index is -0.861. The van der Waals surface area contributed by atoms with Gasteiger partial charge in [-0.1, -0.05) is 50.1 Å². The van der Waals surface area contributed by atoms with Gasteiger partial charge < -0.3 is 14.2 Å². The molecule has 6 rings (SSSR count). The van der Waals surface area contributed by atoms with Crippen molar-refractivity contribution in [2.75, 3.05) is 0 Å². The number of rotatable bonds is 3. The number of carboxylic acids is 1. The number of carbonyl (C=O) groups is 1. The molecule has 1 saturated carbocycles. The molecule has 1 aliphatic heterocycles. The first-order chi connectivity index (χ1) is 16.0. The number of hydrogen-bond donors (Lipinski definition) is 1. The number of nitrogens with zero attached hydrogens (tertiary/aromatic N) is 2. The predicted molar refractivity (Wildman–Crippen MR) is 135 cm³/mol. The van der Waals surface area contributed by atoms with E-state index in [0.717, 1.165) is 30.6 Å². The summed E-state index contributed by atoms with van der Waals surface area (Å²) in [7, 11) is 0. The molecule has 0 atom stereocenters. The van der Waals surface area contributed by atoms with Gasteiger partial charge in [-0.3, -0.25) is 0 Å². The maximum Gasteiger partial charge on any atom is 0.335 e. The normalized spacial score (nSPS) is 16.5. The van der Waals surface area contributed by atoms with Crippen molar-refractivity contribution in [1.29, 1.82) is 0 Å². The molecule has 4 heteroatoms. The van der Waals surface area contributed by atoms with E-state index in [0.29, 0.717) is 11.5 Å². The lowest BCUT2D eigenvalue weighted by Crippen LogP contribution is -2.11. The average molecular weight is 439 g/mol. The van der Waals surface area contributed by atoms with Gasteiger partial charge in [-0.25, -0.2) is 4.79 Å². The SMILES string of the molecule is C=C(C)c1cn2c3c(cccc13)-c1c(C3CCCCC3)c3ccc(C(=O)O)cc3n1CCC2. The topological polar surface area (TPSA) is 47.2 Å². The van der Waals surface area contributed by atoms with Crippen molar-refractivity contribution >= 4 is 33.3 Å². The third kappa shape index (κ3) is 3.07. The van der Waals surface area contributed by atoms with E-state index in [1.54, 1.807) is 6.07 Å². The van der Waals surface area contributed by atoms with Crippen LogP contribution in [0.3, 0.4) is 0 Å². The minimum Gasteiger partial charge on any atom is -0.478 e. The molecule has 4 nitrogen and oxygen atoms in total. The minimum absolute atomic E-state index is 0.367. The van der Waals surface area contributed by atoms with Crippen LogP contribution in [0.1, 0.15) is 72.9 Å². The summed E-state index contributed by atoms with van der Waals surface area (Å²) in [5.74, 6) is -0.341. The number of allylic oxidation sites excluding steroid dienone is 1. The fourth-order valence-electron chi connectivity index (χ4n) is 6.30. The molecule has 2 aliphatic rings. The Balaban J connectivity index is 1.73. The number of hydrogen-bond acceptors (Lipinski definition) is 1. The summed E-state index contributed by atoms with van der Waals surface area (Å²) < 4.78 is 4.85. The fraction of sp³-hybridized carbons (Fsp3) is 0.345. The van der Waals surface area contributed by atoms with Crippen molar-refractivity contribution in [1.82, 2.24) is 9.13 Å². The maximum absolute atomic E-state index is 11.8. The Morgan fingerprint density at radius 3 is 2.61 bits per heavy atom. The van der Waals surface area contributed by atoms with Crippen molar-refractivity contribution in [2.45, 2.75) is 64.5 Å². The Morgan fingerprint density at radius 1 is 1.03 bits per heavy atom. The average Bonchev–Trinajstić information content (AvgIpc) is 3.34. The van der Waals surface area contributed by atoms with Crippen molar-refractivity contribution < 1.29 is 9.90 Å². The summed E-state index contributed by atoms with van der Waals surface area (Å²) in [6, 6.07) is 12.4. The first-order valence-corrected chi connectivity index (χ1v) is 12.2. The van der Waals surface area contributed by atoms with Crippen molar-refractivity contribution in [3.05, 3.63) is 65.9 Å². The van der Waals surface area contributed by atoms with Crippen LogP contribution < -0.4 is 0 Å². The van der Waals surface area contributed by atoms with Crippen molar-refractivity contribution in [3.63, 3.8) is 0 Å². The highest BCUT2D eigenvalue weighted by atomic mass is 16.4. The number of para-hydroxylation sites is 1. The van der Waals surface area contributed by atoms with Gasteiger partial charge in [0.15, 0.2) is 0 Å². The number of carboxylic acid groups (broad SMARTS) is 1. The van der Waals surface area contributed by atoms with E-state index in [2.05, 4.69) is 53.1 Å². The predicted octanol–water partition coefficient (Wildman–Crippen LogP) is 7.45. The molecular weight excluding hydrogens is 408 g/mol. The molecule has 1 aliphatic carbocycles. The Morgan fingerprint density at radius 2 is 1.85 bits per heavy atom. The molecule has 0 unspecified atom stereocenters. The molecule has 0 radical (unpaired) electrons. The van der Waals surface area contributed by atoms with Gasteiger partial charge in [0, 0.05) is 46.7 Å². The van der Waals surface area contributed by atoms with Gasteiger partial charge >= 0.3 is 5.97 Å². The Hall–Kier alpha value is -3.27. The van der Waals surface area contributed by atoms with E-state index in [-0.39, 0.29) is 0 Å². The number of aryl methyl sites for hydroxylation is 2. The maximum atomic E-state index is 11.8. The summed E-state index contributed by atoms with van der Waals surface area (Å²) in [6.45, 7) is 8.16. The molecule has 0 amide bonds. The summed E-state index contributed by atoms with van der Waals surface area (Å²) in [5.41, 5.74) is 9.05. The van der Waals surface area contributed by atoms with Crippen LogP contribution in [0.2, 0.25) is 0 Å². The molecule has 1 N–H and O–H groups in total. The van der Waals surface area contributed by atoms with Gasteiger partial charge in [0.05, 0.1) is 16.8 Å². The first kappa shape index (κ1) is 20.3. The lowest BCUT2D eigenvalue weighted by Gasteiger charge is -2.25. The summed E-state index contributed by atoms with van der Waals surface area (Å²) in [6.07, 6.45) is 9.55. The van der Waals surface area contributed by atoms with E-state index < -0.39 is 5.97 Å². The van der Waals surface area contributed by atoms with Crippen LogP contribution in [0.15, 0.2) is 49.2 Å². The van der Waals surface area contributed by atoms with E-state index >= 15 is 0 Å². The lowest BCUT2D eigenvalue weighted by molar-refractivity contribution is 0.0697. The van der Waals surface area contributed by atoms with Gasteiger partial charge in [0.25, 0.3) is 0 Å². The highest BCUT2D eigenvalue weighted by Crippen LogP contribution is 2.47. The second kappa shape index (κ2) is 7.65. The molecule has 0 spiro atoms. The molecule has 2 aromatic heterocycles. The molecule has 4 aromatic rings. The Kier molecular flexibility index (Phi) is 4.72. The van der Waals surface area contributed by atoms with E-state index in [1.165, 1.54) is 70.8 Å². The number of fused-ring (bicyclic) bond motifs is 4. The second-order valence-corrected chi connectivity index (χ2v) is 9.86. The number of aromatic nitrogens is 2. The van der Waals surface area contributed by atoms with Crippen LogP contribution in [0.5, 0.6) is 0 Å². The van der Waals surface area contributed by atoms with Crippen LogP contribution in [-0.2, 0) is 13.1 Å². The summed E-state index contributed by atoms with van der Waals surface area (Å²) in [4.78, 5) is 11.8. The molecule has 0 saturated heterocycles. The molecule has 168 valence electrons. The van der Waals surface area contributed by atoms with E-state index in [4.69, 9.17) is 0 Å². The second-order valence-electron chi connectivity index (χ2n) is 9.86. The number of aromatic carboxylic acids is 1. The molecule has 3 heterocycles. The molecular formula is C29H30N2O2. The quantitative estimate of drug-likeness (QED) is 0.361. The third-order valence-corrected chi connectivity index (χ3v) is 7.76. The smallest absolute Gasteiger partial charge is 0.335 e. The molecule has 0 bridgehead atoms. The Labute approximate surface area is 194 Å². The largest absolute Gasteiger partial charge is 0.478 e. The molecule has 2 aromatic carbocycles. The Bertz CT molecular complexity index is 1430. The van der Waals surface area contributed by atoms with Gasteiger partial charge in [-0.2, -0.15) is 0 Å². The van der Waals surface area contributed by atoms with Crippen molar-refractivity contribution in [3.8, 4) is 11.3 Å². The third-order valence-electron chi connectivity index (χ3n) is 7.76. The zero-order valence-corrected chi connectivity index (χ0v) is 19.2. The molecule has 1 fully saturated rings. The van der Waals surface area contributed by atoms with Crippen LogP contribution >= 0.6 is 0 Å². The van der Waals surface area contributed by atoms with Gasteiger partial charge in [-0.15, -0.1) is 0 Å². The zero-order chi connectivity index (χ0) is 22.7. The van der Waals surface area contributed by atoms with Crippen LogP contribution in [-0.4, -0.2) is 20.2 Å². The fourth-order valence-corrected chi connectivity index (χ4v) is 6.30. The highest BCUT2D eigenvalue weighted by molar-refractivity contribution is 6.05. The summed E-state index contributed by atoms with van der Waals surface area (Å²) >= 11 is 0. The van der Waals surface area contributed by atoms with Gasteiger partial charge in [0.2, 0.25) is 0 Å². The van der Waals surface area contributed by atoms with Gasteiger partial charge in [-0.05, 0) is 55.4 Å². The van der Waals surface area contributed by atoms with Crippen LogP contribution in [0, 0.1) is 0 Å². The van der Waals surface area contributed by atoms with Crippen LogP contribution in [0.4, 0.5) is 0 Å². The molecule has 33 heavy (non-hydrogen) atoms. The zero-order valence-electron chi connectivity index (χ0n) is 19.2. The van der Waals surface area contributed by atoms with Crippen molar-refractivity contribution in [2.24, 2.45) is 0 Å². The number of benzene rings is 2. The monoisotopic (exact) mass is 438 g/mol. The van der Waals surface area contributed by atoms with E-state index in [1.807, 2.05) is 6.07 Å². The lowest BCUT2D eigenvalue weighted by atomic mass is 9.81. The highest BCUT2D eigenvalue weighted by Gasteiger charge is 2.29.